The Kier molecular flexibility index (Phi) is 6.01. The quantitative estimate of drug-likeness (QED) is 0.653. The van der Waals surface area contributed by atoms with Gasteiger partial charge >= 0.3 is 0 Å². The van der Waals surface area contributed by atoms with Crippen molar-refractivity contribution in [3.63, 3.8) is 0 Å². The van der Waals surface area contributed by atoms with Crippen molar-refractivity contribution in [2.45, 2.75) is 6.54 Å². The molecule has 0 bridgehead atoms. The lowest BCUT2D eigenvalue weighted by Crippen LogP contribution is -2.48. The van der Waals surface area contributed by atoms with Crippen molar-refractivity contribution in [2.75, 3.05) is 53.5 Å². The first-order valence-electron chi connectivity index (χ1n) is 10.2. The molecule has 2 aliphatic heterocycles. The lowest BCUT2D eigenvalue weighted by Gasteiger charge is -2.35. The van der Waals surface area contributed by atoms with E-state index in [1.165, 1.54) is 10.5 Å². The van der Waals surface area contributed by atoms with Crippen molar-refractivity contribution in [1.82, 2.24) is 14.7 Å². The summed E-state index contributed by atoms with van der Waals surface area (Å²) in [6.07, 6.45) is 0. The largest absolute Gasteiger partial charge is 0.493 e. The van der Waals surface area contributed by atoms with Gasteiger partial charge in [0.2, 0.25) is 0 Å². The Labute approximate surface area is 176 Å². The molecular formula is C23H27N3O4. The molecule has 0 spiro atoms. The zero-order valence-corrected chi connectivity index (χ0v) is 17.5. The van der Waals surface area contributed by atoms with Gasteiger partial charge in [-0.25, -0.2) is 0 Å². The van der Waals surface area contributed by atoms with E-state index in [1.54, 1.807) is 38.5 Å². The smallest absolute Gasteiger partial charge is 0.261 e. The number of carbonyl (C=O) groups excluding carboxylic acids is 2. The molecule has 2 aliphatic rings. The number of imide groups is 1. The van der Waals surface area contributed by atoms with Gasteiger partial charge in [0.1, 0.15) is 0 Å². The number of rotatable bonds is 7. The molecule has 7 heteroatoms. The Morgan fingerprint density at radius 2 is 1.37 bits per heavy atom. The van der Waals surface area contributed by atoms with E-state index in [1.807, 2.05) is 12.1 Å². The maximum absolute atomic E-state index is 12.5. The third kappa shape index (κ3) is 4.04. The Morgan fingerprint density at radius 1 is 0.767 bits per heavy atom. The van der Waals surface area contributed by atoms with Crippen molar-refractivity contribution >= 4 is 11.8 Å². The highest BCUT2D eigenvalue weighted by molar-refractivity contribution is 6.21. The summed E-state index contributed by atoms with van der Waals surface area (Å²) in [4.78, 5) is 31.1. The number of methoxy groups -OCH3 is 2. The van der Waals surface area contributed by atoms with E-state index in [2.05, 4.69) is 15.9 Å². The molecule has 2 heterocycles. The van der Waals surface area contributed by atoms with Crippen LogP contribution in [0.15, 0.2) is 42.5 Å². The highest BCUT2D eigenvalue weighted by Gasteiger charge is 2.35. The van der Waals surface area contributed by atoms with E-state index < -0.39 is 0 Å². The standard InChI is InChI=1S/C23H27N3O4/c1-29-20-8-7-17(15-21(20)30-2)16-25-11-9-24(10-12-25)13-14-26-22(27)18-5-3-4-6-19(18)23(26)28/h3-8,15H,9-14,16H2,1-2H3. The van der Waals surface area contributed by atoms with E-state index in [-0.39, 0.29) is 11.8 Å². The van der Waals surface area contributed by atoms with Crippen molar-refractivity contribution in [2.24, 2.45) is 0 Å². The molecule has 0 unspecified atom stereocenters. The number of carbonyl (C=O) groups is 2. The normalized spacial score (nSPS) is 17.3. The maximum Gasteiger partial charge on any atom is 0.261 e. The number of ether oxygens (including phenoxy) is 2. The molecule has 0 N–H and O–H groups in total. The van der Waals surface area contributed by atoms with Crippen LogP contribution in [-0.4, -0.2) is 80.0 Å². The number of amides is 2. The van der Waals surface area contributed by atoms with E-state index >= 15 is 0 Å². The van der Waals surface area contributed by atoms with E-state index in [9.17, 15) is 9.59 Å². The predicted octanol–water partition coefficient (Wildman–Crippen LogP) is 2.12. The molecule has 1 fully saturated rings. The van der Waals surface area contributed by atoms with Gasteiger partial charge in [0.15, 0.2) is 11.5 Å². The number of hydrogen-bond donors (Lipinski definition) is 0. The molecule has 30 heavy (non-hydrogen) atoms. The van der Waals surface area contributed by atoms with Crippen LogP contribution < -0.4 is 9.47 Å². The second-order valence-corrected chi connectivity index (χ2v) is 7.61. The predicted molar refractivity (Wildman–Crippen MR) is 113 cm³/mol. The van der Waals surface area contributed by atoms with E-state index in [0.717, 1.165) is 44.2 Å². The van der Waals surface area contributed by atoms with E-state index in [4.69, 9.17) is 9.47 Å². The lowest BCUT2D eigenvalue weighted by atomic mass is 10.1. The zero-order chi connectivity index (χ0) is 21.1. The Morgan fingerprint density at radius 3 is 1.97 bits per heavy atom. The fourth-order valence-corrected chi connectivity index (χ4v) is 4.09. The second kappa shape index (κ2) is 8.85. The van der Waals surface area contributed by atoms with Crippen LogP contribution in [0.3, 0.4) is 0 Å². The van der Waals surface area contributed by atoms with Gasteiger partial charge < -0.3 is 9.47 Å². The number of benzene rings is 2. The van der Waals surface area contributed by atoms with Crippen LogP contribution in [0.25, 0.3) is 0 Å². The minimum atomic E-state index is -0.178. The first-order chi connectivity index (χ1) is 14.6. The molecule has 0 aliphatic carbocycles. The number of hydrogen-bond acceptors (Lipinski definition) is 6. The molecule has 0 aromatic heterocycles. The highest BCUT2D eigenvalue weighted by Crippen LogP contribution is 2.28. The van der Waals surface area contributed by atoms with Gasteiger partial charge in [-0.15, -0.1) is 0 Å². The van der Waals surface area contributed by atoms with Gasteiger partial charge in [-0.2, -0.15) is 0 Å². The number of nitrogens with zero attached hydrogens (tertiary/aromatic N) is 3. The van der Waals surface area contributed by atoms with Crippen LogP contribution in [-0.2, 0) is 6.54 Å². The summed E-state index contributed by atoms with van der Waals surface area (Å²) in [6, 6.07) is 13.1. The fraction of sp³-hybridized carbons (Fsp3) is 0.391. The highest BCUT2D eigenvalue weighted by atomic mass is 16.5. The van der Waals surface area contributed by atoms with Crippen molar-refractivity contribution in [1.29, 1.82) is 0 Å². The third-order valence-corrected chi connectivity index (χ3v) is 5.84. The molecule has 7 nitrogen and oxygen atoms in total. The minimum absolute atomic E-state index is 0.178. The van der Waals surface area contributed by atoms with Crippen LogP contribution in [0.1, 0.15) is 26.3 Å². The number of fused-ring (bicyclic) bond motifs is 1. The SMILES string of the molecule is COc1ccc(CN2CCN(CCN3C(=O)c4ccccc4C3=O)CC2)cc1OC. The average molecular weight is 409 g/mol. The molecule has 0 radical (unpaired) electrons. The van der Waals surface area contributed by atoms with E-state index in [0.29, 0.717) is 24.2 Å². The van der Waals surface area contributed by atoms with Crippen molar-refractivity contribution in [3.05, 3.63) is 59.2 Å². The van der Waals surface area contributed by atoms with Crippen LogP contribution in [0, 0.1) is 0 Å². The molecule has 2 amide bonds. The summed E-state index contributed by atoms with van der Waals surface area (Å²) in [5.74, 6) is 1.12. The maximum atomic E-state index is 12.5. The van der Waals surface area contributed by atoms with Crippen molar-refractivity contribution in [3.8, 4) is 11.5 Å². The fourth-order valence-electron chi connectivity index (χ4n) is 4.09. The topological polar surface area (TPSA) is 62.3 Å². The summed E-state index contributed by atoms with van der Waals surface area (Å²) < 4.78 is 10.7. The summed E-state index contributed by atoms with van der Waals surface area (Å²) >= 11 is 0. The molecule has 2 aromatic carbocycles. The van der Waals surface area contributed by atoms with Crippen LogP contribution in [0.2, 0.25) is 0 Å². The van der Waals surface area contributed by atoms with Crippen molar-refractivity contribution < 1.29 is 19.1 Å². The Balaban J connectivity index is 1.27. The summed E-state index contributed by atoms with van der Waals surface area (Å²) in [6.45, 7) is 5.70. The van der Waals surface area contributed by atoms with Crippen LogP contribution in [0.4, 0.5) is 0 Å². The first kappa shape index (κ1) is 20.4. The number of piperazine rings is 1. The van der Waals surface area contributed by atoms with Gasteiger partial charge in [0.25, 0.3) is 11.8 Å². The molecule has 2 aromatic rings. The summed E-state index contributed by atoms with van der Waals surface area (Å²) in [5, 5.41) is 0. The van der Waals surface area contributed by atoms with Crippen LogP contribution in [0.5, 0.6) is 11.5 Å². The molecule has 1 saturated heterocycles. The molecule has 0 saturated carbocycles. The molecule has 158 valence electrons. The Hall–Kier alpha value is -2.90. The Bertz CT molecular complexity index is 903. The third-order valence-electron chi connectivity index (χ3n) is 5.84. The van der Waals surface area contributed by atoms with Gasteiger partial charge in [0.05, 0.1) is 25.3 Å². The average Bonchev–Trinajstić information content (AvgIpc) is 3.03. The van der Waals surface area contributed by atoms with Gasteiger partial charge in [0, 0.05) is 45.8 Å². The summed E-state index contributed by atoms with van der Waals surface area (Å²) in [7, 11) is 3.29. The van der Waals surface area contributed by atoms with Gasteiger partial charge in [-0.1, -0.05) is 18.2 Å². The minimum Gasteiger partial charge on any atom is -0.493 e. The van der Waals surface area contributed by atoms with Gasteiger partial charge in [-0.05, 0) is 29.8 Å². The van der Waals surface area contributed by atoms with Crippen LogP contribution >= 0.6 is 0 Å². The first-order valence-corrected chi connectivity index (χ1v) is 10.2. The van der Waals surface area contributed by atoms with Gasteiger partial charge in [-0.3, -0.25) is 24.3 Å². The zero-order valence-electron chi connectivity index (χ0n) is 17.5. The molecule has 0 atom stereocenters. The monoisotopic (exact) mass is 409 g/mol. The molecular weight excluding hydrogens is 382 g/mol. The second-order valence-electron chi connectivity index (χ2n) is 7.61. The summed E-state index contributed by atoms with van der Waals surface area (Å²) in [5.41, 5.74) is 2.22. The molecule has 4 rings (SSSR count). The lowest BCUT2D eigenvalue weighted by molar-refractivity contribution is 0.0612.